The minimum atomic E-state index is -4.36. The number of hydrogen-bond acceptors (Lipinski definition) is 3. The van der Waals surface area contributed by atoms with Crippen LogP contribution in [0.4, 0.5) is 8.78 Å². The molecule has 0 aliphatic rings. The summed E-state index contributed by atoms with van der Waals surface area (Å²) in [5, 5.41) is 0. The maximum atomic E-state index is 13.3. The number of carbonyl (C=O) groups is 1. The summed E-state index contributed by atoms with van der Waals surface area (Å²) in [7, 11) is 0.813. The lowest BCUT2D eigenvalue weighted by atomic mass is 10.1. The van der Waals surface area contributed by atoms with Crippen LogP contribution in [-0.4, -0.2) is 32.3 Å². The van der Waals surface area contributed by atoms with Gasteiger partial charge in [-0.2, -0.15) is 0 Å². The molecule has 0 saturated heterocycles. The molecule has 8 heteroatoms. The Labute approximate surface area is 120 Å². The SMILES string of the molecule is CCCN(CC)C(=O)c1cc(F)c(F)cc1S(=O)(=O)Cl. The molecule has 0 aliphatic carbocycles. The molecule has 0 bridgehead atoms. The Bertz CT molecular complexity index is 619. The number of hydrogen-bond donors (Lipinski definition) is 0. The van der Waals surface area contributed by atoms with Gasteiger partial charge in [-0.15, -0.1) is 0 Å². The first-order chi connectivity index (χ1) is 9.22. The normalized spacial score (nSPS) is 11.4. The minimum Gasteiger partial charge on any atom is -0.339 e. The van der Waals surface area contributed by atoms with E-state index in [2.05, 4.69) is 0 Å². The molecule has 0 aromatic heterocycles. The van der Waals surface area contributed by atoms with E-state index in [9.17, 15) is 22.0 Å². The average molecular weight is 326 g/mol. The second kappa shape index (κ2) is 6.49. The number of nitrogens with zero attached hydrogens (tertiary/aromatic N) is 1. The van der Waals surface area contributed by atoms with Crippen LogP contribution in [0.3, 0.4) is 0 Å². The highest BCUT2D eigenvalue weighted by Crippen LogP contribution is 2.24. The molecule has 1 rings (SSSR count). The molecule has 0 saturated carbocycles. The standard InChI is InChI=1S/C12H14ClF2NO3S/c1-3-5-16(4-2)12(17)8-6-9(14)10(15)7-11(8)20(13,18)19/h6-7H,3-5H2,1-2H3. The Balaban J connectivity index is 3.43. The Morgan fingerprint density at radius 3 is 2.25 bits per heavy atom. The van der Waals surface area contributed by atoms with Gasteiger partial charge < -0.3 is 4.90 Å². The zero-order valence-corrected chi connectivity index (χ0v) is 12.6. The highest BCUT2D eigenvalue weighted by Gasteiger charge is 2.26. The van der Waals surface area contributed by atoms with Crippen molar-refractivity contribution in [2.24, 2.45) is 0 Å². The molecule has 0 spiro atoms. The van der Waals surface area contributed by atoms with Crippen LogP contribution in [0.2, 0.25) is 0 Å². The average Bonchev–Trinajstić information content (AvgIpc) is 2.36. The first-order valence-electron chi connectivity index (χ1n) is 5.95. The summed E-state index contributed by atoms with van der Waals surface area (Å²) in [5.74, 6) is -3.38. The summed E-state index contributed by atoms with van der Waals surface area (Å²) in [6.45, 7) is 4.21. The van der Waals surface area contributed by atoms with Crippen LogP contribution >= 0.6 is 10.7 Å². The van der Waals surface area contributed by atoms with E-state index in [0.717, 1.165) is 0 Å². The Morgan fingerprint density at radius 1 is 1.25 bits per heavy atom. The molecule has 1 amide bonds. The molecule has 0 unspecified atom stereocenters. The van der Waals surface area contributed by atoms with Crippen molar-refractivity contribution in [2.75, 3.05) is 13.1 Å². The van der Waals surface area contributed by atoms with E-state index in [1.165, 1.54) is 4.90 Å². The predicted octanol–water partition coefficient (Wildman–Crippen LogP) is 2.76. The molecule has 0 fully saturated rings. The third-order valence-corrected chi connectivity index (χ3v) is 4.04. The summed E-state index contributed by atoms with van der Waals surface area (Å²) in [4.78, 5) is 12.8. The van der Waals surface area contributed by atoms with Crippen molar-refractivity contribution in [3.63, 3.8) is 0 Å². The molecule has 0 atom stereocenters. The van der Waals surface area contributed by atoms with Crippen LogP contribution in [0.1, 0.15) is 30.6 Å². The van der Waals surface area contributed by atoms with E-state index in [1.807, 2.05) is 6.92 Å². The van der Waals surface area contributed by atoms with E-state index in [0.29, 0.717) is 31.6 Å². The van der Waals surface area contributed by atoms with E-state index in [1.54, 1.807) is 6.92 Å². The van der Waals surface area contributed by atoms with Gasteiger partial charge in [0.05, 0.1) is 10.5 Å². The summed E-state index contributed by atoms with van der Waals surface area (Å²) in [6, 6.07) is 0.982. The minimum absolute atomic E-state index is 0.313. The lowest BCUT2D eigenvalue weighted by molar-refractivity contribution is 0.0760. The molecule has 0 N–H and O–H groups in total. The fraction of sp³-hybridized carbons (Fsp3) is 0.417. The Hall–Kier alpha value is -1.21. The Kier molecular flexibility index (Phi) is 5.47. The summed E-state index contributed by atoms with van der Waals surface area (Å²) in [6.07, 6.45) is 0.645. The molecule has 20 heavy (non-hydrogen) atoms. The Morgan fingerprint density at radius 2 is 1.80 bits per heavy atom. The number of amides is 1. The number of halogens is 3. The van der Waals surface area contributed by atoms with Crippen molar-refractivity contribution in [3.05, 3.63) is 29.3 Å². The third kappa shape index (κ3) is 3.67. The topological polar surface area (TPSA) is 54.5 Å². The van der Waals surface area contributed by atoms with E-state index in [-0.39, 0.29) is 0 Å². The fourth-order valence-corrected chi connectivity index (χ4v) is 2.78. The van der Waals surface area contributed by atoms with Gasteiger partial charge in [-0.1, -0.05) is 6.92 Å². The maximum Gasteiger partial charge on any atom is 0.262 e. The van der Waals surface area contributed by atoms with E-state index < -0.39 is 37.1 Å². The van der Waals surface area contributed by atoms with E-state index in [4.69, 9.17) is 10.7 Å². The molecule has 0 heterocycles. The molecule has 1 aromatic rings. The molecule has 112 valence electrons. The zero-order chi connectivity index (χ0) is 15.5. The van der Waals surface area contributed by atoms with Crippen LogP contribution in [0, 0.1) is 11.6 Å². The first kappa shape index (κ1) is 16.8. The van der Waals surface area contributed by atoms with Gasteiger partial charge in [-0.3, -0.25) is 4.79 Å². The maximum absolute atomic E-state index is 13.3. The third-order valence-electron chi connectivity index (χ3n) is 2.68. The van der Waals surface area contributed by atoms with Gasteiger partial charge in [0.25, 0.3) is 15.0 Å². The number of carbonyl (C=O) groups excluding carboxylic acids is 1. The van der Waals surface area contributed by atoms with Crippen LogP contribution in [0.25, 0.3) is 0 Å². The van der Waals surface area contributed by atoms with Crippen molar-refractivity contribution in [2.45, 2.75) is 25.2 Å². The van der Waals surface area contributed by atoms with Crippen LogP contribution in [0.5, 0.6) is 0 Å². The summed E-state index contributed by atoms with van der Waals surface area (Å²) in [5.41, 5.74) is -0.464. The lowest BCUT2D eigenvalue weighted by Gasteiger charge is -2.21. The summed E-state index contributed by atoms with van der Waals surface area (Å²) >= 11 is 0. The smallest absolute Gasteiger partial charge is 0.262 e. The van der Waals surface area contributed by atoms with Gasteiger partial charge in [-0.25, -0.2) is 17.2 Å². The van der Waals surface area contributed by atoms with Gasteiger partial charge in [-0.05, 0) is 25.5 Å². The second-order valence-electron chi connectivity index (χ2n) is 4.09. The first-order valence-corrected chi connectivity index (χ1v) is 8.26. The lowest BCUT2D eigenvalue weighted by Crippen LogP contribution is -2.32. The molecule has 1 aromatic carbocycles. The van der Waals surface area contributed by atoms with Gasteiger partial charge >= 0.3 is 0 Å². The molecule has 4 nitrogen and oxygen atoms in total. The molecular weight excluding hydrogens is 312 g/mol. The van der Waals surface area contributed by atoms with Gasteiger partial charge in [0.2, 0.25) is 0 Å². The second-order valence-corrected chi connectivity index (χ2v) is 6.62. The number of rotatable bonds is 5. The number of benzene rings is 1. The van der Waals surface area contributed by atoms with Crippen LogP contribution < -0.4 is 0 Å². The highest BCUT2D eigenvalue weighted by atomic mass is 35.7. The van der Waals surface area contributed by atoms with Crippen LogP contribution in [0.15, 0.2) is 17.0 Å². The van der Waals surface area contributed by atoms with Crippen molar-refractivity contribution in [1.82, 2.24) is 4.90 Å². The molecular formula is C12H14ClF2NO3S. The van der Waals surface area contributed by atoms with Gasteiger partial charge in [0.1, 0.15) is 0 Å². The van der Waals surface area contributed by atoms with Crippen molar-refractivity contribution >= 4 is 25.6 Å². The quantitative estimate of drug-likeness (QED) is 0.782. The van der Waals surface area contributed by atoms with Crippen molar-refractivity contribution in [1.29, 1.82) is 0 Å². The largest absolute Gasteiger partial charge is 0.339 e. The van der Waals surface area contributed by atoms with Crippen LogP contribution in [-0.2, 0) is 9.05 Å². The van der Waals surface area contributed by atoms with E-state index >= 15 is 0 Å². The van der Waals surface area contributed by atoms with Crippen molar-refractivity contribution < 1.29 is 22.0 Å². The fourth-order valence-electron chi connectivity index (χ4n) is 1.74. The highest BCUT2D eigenvalue weighted by molar-refractivity contribution is 8.13. The van der Waals surface area contributed by atoms with Gasteiger partial charge in [0, 0.05) is 23.8 Å². The predicted molar refractivity (Wildman–Crippen MR) is 71.3 cm³/mol. The monoisotopic (exact) mass is 325 g/mol. The molecule has 0 aliphatic heterocycles. The molecule has 0 radical (unpaired) electrons. The zero-order valence-electron chi connectivity index (χ0n) is 11.0. The van der Waals surface area contributed by atoms with Crippen molar-refractivity contribution in [3.8, 4) is 0 Å². The van der Waals surface area contributed by atoms with Gasteiger partial charge in [0.15, 0.2) is 11.6 Å². The summed E-state index contributed by atoms with van der Waals surface area (Å²) < 4.78 is 49.2.